The Morgan fingerprint density at radius 2 is 2.17 bits per heavy atom. The topological polar surface area (TPSA) is 70.2 Å². The van der Waals surface area contributed by atoms with E-state index in [4.69, 9.17) is 0 Å². The number of aryl methyl sites for hydroxylation is 2. The fourth-order valence-electron chi connectivity index (χ4n) is 2.64. The van der Waals surface area contributed by atoms with Crippen LogP contribution in [0.25, 0.3) is 5.65 Å². The summed E-state index contributed by atoms with van der Waals surface area (Å²) in [7, 11) is 0. The SMILES string of the molecule is CCc1nc2c(Br)cc(C)cn2c1C(=O)Nc1ccccc1C#N. The summed E-state index contributed by atoms with van der Waals surface area (Å²) >= 11 is 3.51. The van der Waals surface area contributed by atoms with Gasteiger partial charge in [-0.2, -0.15) is 5.26 Å². The van der Waals surface area contributed by atoms with Crippen molar-refractivity contribution in [3.8, 4) is 6.07 Å². The van der Waals surface area contributed by atoms with Crippen LogP contribution in [0.3, 0.4) is 0 Å². The van der Waals surface area contributed by atoms with E-state index in [2.05, 4.69) is 32.3 Å². The van der Waals surface area contributed by atoms with E-state index < -0.39 is 0 Å². The molecule has 6 heteroatoms. The van der Waals surface area contributed by atoms with Gasteiger partial charge in [-0.05, 0) is 53.0 Å². The number of halogens is 1. The molecule has 0 radical (unpaired) electrons. The first-order valence-corrected chi connectivity index (χ1v) is 8.32. The molecular weight excluding hydrogens is 368 g/mol. The number of carbonyl (C=O) groups excluding carboxylic acids is 1. The molecule has 0 aliphatic rings. The molecule has 1 aromatic carbocycles. The number of nitrogens with one attached hydrogen (secondary N) is 1. The lowest BCUT2D eigenvalue weighted by Gasteiger charge is -2.08. The van der Waals surface area contributed by atoms with Crippen LogP contribution < -0.4 is 5.32 Å². The second-order valence-corrected chi connectivity index (χ2v) is 6.29. The van der Waals surface area contributed by atoms with Crippen molar-refractivity contribution in [3.05, 3.63) is 63.5 Å². The standard InChI is InChI=1S/C18H15BrN4O/c1-3-14-16(23-10-11(2)8-13(19)17(23)21-14)18(24)22-15-7-5-4-6-12(15)9-20/h4-8,10H,3H2,1-2H3,(H,22,24). The number of pyridine rings is 1. The highest BCUT2D eigenvalue weighted by molar-refractivity contribution is 9.10. The number of amides is 1. The van der Waals surface area contributed by atoms with E-state index in [1.54, 1.807) is 28.7 Å². The number of hydrogen-bond acceptors (Lipinski definition) is 3. The predicted octanol–water partition coefficient (Wildman–Crippen LogP) is 4.09. The molecule has 3 rings (SSSR count). The fraction of sp³-hybridized carbons (Fsp3) is 0.167. The third-order valence-corrected chi connectivity index (χ3v) is 4.31. The maximum absolute atomic E-state index is 12.9. The molecule has 120 valence electrons. The van der Waals surface area contributed by atoms with Gasteiger partial charge in [-0.15, -0.1) is 0 Å². The number of fused-ring (bicyclic) bond motifs is 1. The molecule has 0 spiro atoms. The molecule has 0 atom stereocenters. The molecule has 2 aromatic heterocycles. The summed E-state index contributed by atoms with van der Waals surface area (Å²) in [5.41, 5.74) is 3.85. The maximum atomic E-state index is 12.9. The number of carbonyl (C=O) groups is 1. The molecule has 0 fully saturated rings. The average molecular weight is 383 g/mol. The van der Waals surface area contributed by atoms with E-state index in [1.807, 2.05) is 26.1 Å². The van der Waals surface area contributed by atoms with E-state index >= 15 is 0 Å². The van der Waals surface area contributed by atoms with Gasteiger partial charge >= 0.3 is 0 Å². The second kappa shape index (κ2) is 6.46. The van der Waals surface area contributed by atoms with Crippen LogP contribution in [0.5, 0.6) is 0 Å². The van der Waals surface area contributed by atoms with Crippen molar-refractivity contribution in [2.24, 2.45) is 0 Å². The van der Waals surface area contributed by atoms with Crippen molar-refractivity contribution in [3.63, 3.8) is 0 Å². The Morgan fingerprint density at radius 3 is 2.88 bits per heavy atom. The zero-order valence-corrected chi connectivity index (χ0v) is 14.9. The number of benzene rings is 1. The molecule has 1 N–H and O–H groups in total. The summed E-state index contributed by atoms with van der Waals surface area (Å²) in [5.74, 6) is -0.278. The summed E-state index contributed by atoms with van der Waals surface area (Å²) in [4.78, 5) is 17.4. The lowest BCUT2D eigenvalue weighted by Crippen LogP contribution is -2.17. The summed E-state index contributed by atoms with van der Waals surface area (Å²) in [6, 6.07) is 11.0. The number of imidazole rings is 1. The van der Waals surface area contributed by atoms with Crippen molar-refractivity contribution >= 4 is 33.2 Å². The normalized spacial score (nSPS) is 10.6. The molecule has 0 saturated heterocycles. The molecular formula is C18H15BrN4O. The number of hydrogen-bond donors (Lipinski definition) is 1. The minimum Gasteiger partial charge on any atom is -0.319 e. The summed E-state index contributed by atoms with van der Waals surface area (Å²) in [6.07, 6.45) is 2.52. The third kappa shape index (κ3) is 2.79. The minimum atomic E-state index is -0.278. The van der Waals surface area contributed by atoms with Gasteiger partial charge in [0.1, 0.15) is 11.8 Å². The lowest BCUT2D eigenvalue weighted by atomic mass is 10.2. The van der Waals surface area contributed by atoms with Crippen LogP contribution in [0.4, 0.5) is 5.69 Å². The van der Waals surface area contributed by atoms with Crippen LogP contribution in [-0.2, 0) is 6.42 Å². The molecule has 5 nitrogen and oxygen atoms in total. The highest BCUT2D eigenvalue weighted by Gasteiger charge is 2.20. The number of nitriles is 1. The highest BCUT2D eigenvalue weighted by atomic mass is 79.9. The number of nitrogens with zero attached hydrogens (tertiary/aromatic N) is 3. The van der Waals surface area contributed by atoms with Gasteiger partial charge in [0.15, 0.2) is 5.65 Å². The average Bonchev–Trinajstić information content (AvgIpc) is 2.94. The first kappa shape index (κ1) is 16.2. The van der Waals surface area contributed by atoms with Gasteiger partial charge in [-0.3, -0.25) is 9.20 Å². The van der Waals surface area contributed by atoms with E-state index in [0.717, 1.165) is 10.0 Å². The van der Waals surface area contributed by atoms with E-state index in [9.17, 15) is 10.1 Å². The lowest BCUT2D eigenvalue weighted by molar-refractivity contribution is 0.102. The molecule has 1 amide bonds. The van der Waals surface area contributed by atoms with E-state index in [-0.39, 0.29) is 5.91 Å². The summed E-state index contributed by atoms with van der Waals surface area (Å²) in [5, 5.41) is 12.0. The Kier molecular flexibility index (Phi) is 4.36. The van der Waals surface area contributed by atoms with Gasteiger partial charge in [0.05, 0.1) is 21.4 Å². The van der Waals surface area contributed by atoms with E-state index in [0.29, 0.717) is 34.7 Å². The zero-order valence-electron chi connectivity index (χ0n) is 13.3. The zero-order chi connectivity index (χ0) is 17.3. The molecule has 0 aliphatic carbocycles. The van der Waals surface area contributed by atoms with Crippen molar-refractivity contribution in [2.75, 3.05) is 5.32 Å². The second-order valence-electron chi connectivity index (χ2n) is 5.43. The Labute approximate surface area is 148 Å². The van der Waals surface area contributed by atoms with Crippen molar-refractivity contribution in [1.82, 2.24) is 9.38 Å². The molecule has 0 aliphatic heterocycles. The summed E-state index contributed by atoms with van der Waals surface area (Å²) < 4.78 is 2.64. The van der Waals surface area contributed by atoms with Crippen LogP contribution in [-0.4, -0.2) is 15.3 Å². The van der Waals surface area contributed by atoms with Crippen LogP contribution in [0.1, 0.15) is 34.2 Å². The smallest absolute Gasteiger partial charge is 0.274 e. The van der Waals surface area contributed by atoms with Crippen LogP contribution in [0.15, 0.2) is 41.0 Å². The maximum Gasteiger partial charge on any atom is 0.274 e. The van der Waals surface area contributed by atoms with Crippen LogP contribution in [0, 0.1) is 18.3 Å². The molecule has 0 bridgehead atoms. The van der Waals surface area contributed by atoms with Crippen LogP contribution in [0.2, 0.25) is 0 Å². The number of aromatic nitrogens is 2. The Balaban J connectivity index is 2.11. The Hall–Kier alpha value is -2.65. The largest absolute Gasteiger partial charge is 0.319 e. The molecule has 2 heterocycles. The van der Waals surface area contributed by atoms with Gasteiger partial charge in [-0.1, -0.05) is 19.1 Å². The fourth-order valence-corrected chi connectivity index (χ4v) is 3.28. The van der Waals surface area contributed by atoms with Gasteiger partial charge in [0.25, 0.3) is 5.91 Å². The monoisotopic (exact) mass is 382 g/mol. The molecule has 24 heavy (non-hydrogen) atoms. The minimum absolute atomic E-state index is 0.278. The van der Waals surface area contributed by atoms with E-state index in [1.165, 1.54) is 0 Å². The van der Waals surface area contributed by atoms with Gasteiger partial charge in [0, 0.05) is 6.20 Å². The number of para-hydroxylation sites is 1. The quantitative estimate of drug-likeness (QED) is 0.741. The van der Waals surface area contributed by atoms with Crippen LogP contribution >= 0.6 is 15.9 Å². The van der Waals surface area contributed by atoms with Gasteiger partial charge in [0.2, 0.25) is 0 Å². The number of anilines is 1. The third-order valence-electron chi connectivity index (χ3n) is 3.73. The summed E-state index contributed by atoms with van der Waals surface area (Å²) in [6.45, 7) is 3.92. The highest BCUT2D eigenvalue weighted by Crippen LogP contribution is 2.24. The predicted molar refractivity (Wildman–Crippen MR) is 96.1 cm³/mol. The Morgan fingerprint density at radius 1 is 1.42 bits per heavy atom. The molecule has 3 aromatic rings. The molecule has 0 saturated carbocycles. The first-order valence-electron chi connectivity index (χ1n) is 7.52. The van der Waals surface area contributed by atoms with Gasteiger partial charge in [-0.25, -0.2) is 4.98 Å². The number of rotatable bonds is 3. The first-order chi connectivity index (χ1) is 11.5. The van der Waals surface area contributed by atoms with Gasteiger partial charge < -0.3 is 5.32 Å². The Bertz CT molecular complexity index is 985. The van der Waals surface area contributed by atoms with Crippen molar-refractivity contribution in [1.29, 1.82) is 5.26 Å². The van der Waals surface area contributed by atoms with Crippen molar-refractivity contribution < 1.29 is 4.79 Å². The molecule has 0 unspecified atom stereocenters. The van der Waals surface area contributed by atoms with Crippen molar-refractivity contribution in [2.45, 2.75) is 20.3 Å².